The number of benzene rings is 1. The molecule has 0 aliphatic carbocycles. The van der Waals surface area contributed by atoms with Crippen LogP contribution in [-0.2, 0) is 17.8 Å². The van der Waals surface area contributed by atoms with Crippen LogP contribution in [0.15, 0.2) is 55.5 Å². The second-order valence-corrected chi connectivity index (χ2v) is 7.06. The van der Waals surface area contributed by atoms with Crippen LogP contribution in [0.25, 0.3) is 11.0 Å². The van der Waals surface area contributed by atoms with E-state index in [9.17, 15) is 9.90 Å². The van der Waals surface area contributed by atoms with Crippen molar-refractivity contribution in [1.29, 1.82) is 0 Å². The van der Waals surface area contributed by atoms with Crippen molar-refractivity contribution in [3.05, 3.63) is 64.6 Å². The minimum atomic E-state index is -0.915. The highest BCUT2D eigenvalue weighted by Gasteiger charge is 2.21. The van der Waals surface area contributed by atoms with E-state index >= 15 is 0 Å². The molecule has 6 nitrogen and oxygen atoms in total. The molecule has 0 bridgehead atoms. The van der Waals surface area contributed by atoms with Crippen LogP contribution in [0.4, 0.5) is 5.82 Å². The molecule has 3 rings (SSSR count). The zero-order valence-corrected chi connectivity index (χ0v) is 16.3. The van der Waals surface area contributed by atoms with E-state index < -0.39 is 12.0 Å². The number of hydrogen-bond donors (Lipinski definition) is 2. The molecule has 0 fully saturated rings. The molecule has 0 saturated heterocycles. The van der Waals surface area contributed by atoms with Gasteiger partial charge in [-0.15, -0.1) is 6.58 Å². The SMILES string of the molecule is C=CCCn1cc(I)c2c(NC(Cc3ccccc3)C(=O)O)ncnc21. The highest BCUT2D eigenvalue weighted by Crippen LogP contribution is 2.28. The predicted octanol–water partition coefficient (Wildman–Crippen LogP) is 3.72. The van der Waals surface area contributed by atoms with Crippen molar-refractivity contribution in [1.82, 2.24) is 14.5 Å². The van der Waals surface area contributed by atoms with Crippen molar-refractivity contribution < 1.29 is 9.90 Å². The third-order valence-electron chi connectivity index (χ3n) is 4.07. The fourth-order valence-corrected chi connectivity index (χ4v) is 3.63. The molecule has 0 amide bonds. The Morgan fingerprint density at radius 2 is 2.12 bits per heavy atom. The molecular weight excluding hydrogens is 443 g/mol. The number of carboxylic acid groups (broad SMARTS) is 1. The number of anilines is 1. The van der Waals surface area contributed by atoms with Crippen LogP contribution in [0.2, 0.25) is 0 Å². The van der Waals surface area contributed by atoms with E-state index in [0.717, 1.165) is 33.1 Å². The van der Waals surface area contributed by atoms with Crippen LogP contribution >= 0.6 is 22.6 Å². The van der Waals surface area contributed by atoms with Gasteiger partial charge in [0.15, 0.2) is 0 Å². The topological polar surface area (TPSA) is 80.0 Å². The van der Waals surface area contributed by atoms with Crippen LogP contribution in [0.1, 0.15) is 12.0 Å². The van der Waals surface area contributed by atoms with Gasteiger partial charge in [-0.3, -0.25) is 0 Å². The fourth-order valence-electron chi connectivity index (χ4n) is 2.80. The van der Waals surface area contributed by atoms with Gasteiger partial charge in [0.2, 0.25) is 0 Å². The number of allylic oxidation sites excluding steroid dienone is 1. The number of carbonyl (C=O) groups is 1. The molecule has 0 aliphatic rings. The van der Waals surface area contributed by atoms with Gasteiger partial charge in [-0.05, 0) is 34.6 Å². The molecule has 2 aromatic heterocycles. The Labute approximate surface area is 165 Å². The maximum absolute atomic E-state index is 11.8. The number of aryl methyl sites for hydroxylation is 1. The van der Waals surface area contributed by atoms with E-state index in [1.807, 2.05) is 47.2 Å². The van der Waals surface area contributed by atoms with E-state index in [2.05, 4.69) is 44.5 Å². The molecule has 26 heavy (non-hydrogen) atoms. The number of carboxylic acids is 1. The number of halogens is 1. The molecule has 0 saturated carbocycles. The van der Waals surface area contributed by atoms with E-state index in [-0.39, 0.29) is 0 Å². The maximum Gasteiger partial charge on any atom is 0.326 e. The van der Waals surface area contributed by atoms with E-state index in [0.29, 0.717) is 12.2 Å². The van der Waals surface area contributed by atoms with Gasteiger partial charge in [0.05, 0.1) is 5.39 Å². The van der Waals surface area contributed by atoms with Crippen molar-refractivity contribution in [3.8, 4) is 0 Å². The number of aromatic nitrogens is 3. The molecule has 2 N–H and O–H groups in total. The zero-order valence-electron chi connectivity index (χ0n) is 14.1. The molecule has 7 heteroatoms. The summed E-state index contributed by atoms with van der Waals surface area (Å²) in [6, 6.07) is 8.78. The van der Waals surface area contributed by atoms with Gasteiger partial charge in [-0.25, -0.2) is 14.8 Å². The van der Waals surface area contributed by atoms with Gasteiger partial charge in [0, 0.05) is 22.7 Å². The highest BCUT2D eigenvalue weighted by atomic mass is 127. The minimum absolute atomic E-state index is 0.370. The van der Waals surface area contributed by atoms with Gasteiger partial charge in [0.25, 0.3) is 0 Å². The normalized spacial score (nSPS) is 12.0. The van der Waals surface area contributed by atoms with Crippen LogP contribution < -0.4 is 5.32 Å². The van der Waals surface area contributed by atoms with Gasteiger partial charge in [-0.2, -0.15) is 0 Å². The third-order valence-corrected chi connectivity index (χ3v) is 4.89. The summed E-state index contributed by atoms with van der Waals surface area (Å²) in [6.07, 6.45) is 6.53. The van der Waals surface area contributed by atoms with Crippen molar-refractivity contribution in [2.45, 2.75) is 25.4 Å². The Morgan fingerprint density at radius 3 is 2.81 bits per heavy atom. The van der Waals surface area contributed by atoms with Crippen LogP contribution in [-0.4, -0.2) is 31.7 Å². The smallest absolute Gasteiger partial charge is 0.326 e. The summed E-state index contributed by atoms with van der Waals surface area (Å²) in [5, 5.41) is 13.6. The Morgan fingerprint density at radius 1 is 1.35 bits per heavy atom. The quantitative estimate of drug-likeness (QED) is 0.394. The summed E-state index contributed by atoms with van der Waals surface area (Å²) < 4.78 is 3.02. The van der Waals surface area contributed by atoms with Gasteiger partial charge < -0.3 is 15.0 Å². The third kappa shape index (κ3) is 4.04. The highest BCUT2D eigenvalue weighted by molar-refractivity contribution is 14.1. The number of nitrogens with zero attached hydrogens (tertiary/aromatic N) is 3. The summed E-state index contributed by atoms with van der Waals surface area (Å²) >= 11 is 2.23. The summed E-state index contributed by atoms with van der Waals surface area (Å²) in [5.74, 6) is -0.373. The summed E-state index contributed by atoms with van der Waals surface area (Å²) in [6.45, 7) is 4.52. The molecule has 0 aliphatic heterocycles. The average Bonchev–Trinajstić information content (AvgIpc) is 2.97. The lowest BCUT2D eigenvalue weighted by Crippen LogP contribution is -2.32. The Hall–Kier alpha value is -2.42. The predicted molar refractivity (Wildman–Crippen MR) is 110 cm³/mol. The Bertz CT molecular complexity index is 924. The first-order valence-electron chi connectivity index (χ1n) is 8.23. The summed E-state index contributed by atoms with van der Waals surface area (Å²) in [4.78, 5) is 20.4. The second-order valence-electron chi connectivity index (χ2n) is 5.89. The molecule has 2 heterocycles. The lowest BCUT2D eigenvalue weighted by molar-refractivity contribution is -0.137. The zero-order chi connectivity index (χ0) is 18.5. The Balaban J connectivity index is 1.92. The van der Waals surface area contributed by atoms with Gasteiger partial charge >= 0.3 is 5.97 Å². The molecular formula is C19H19IN4O2. The number of aliphatic carboxylic acids is 1. The second kappa shape index (κ2) is 8.31. The number of nitrogens with one attached hydrogen (secondary N) is 1. The molecule has 3 aromatic rings. The first-order valence-corrected chi connectivity index (χ1v) is 9.31. The summed E-state index contributed by atoms with van der Waals surface area (Å²) in [7, 11) is 0. The Kier molecular flexibility index (Phi) is 5.87. The number of hydrogen-bond acceptors (Lipinski definition) is 4. The van der Waals surface area contributed by atoms with E-state index in [1.165, 1.54) is 6.33 Å². The molecule has 0 radical (unpaired) electrons. The van der Waals surface area contributed by atoms with Crippen molar-refractivity contribution in [3.63, 3.8) is 0 Å². The molecule has 1 atom stereocenters. The van der Waals surface area contributed by atoms with Gasteiger partial charge in [-0.1, -0.05) is 36.4 Å². The number of fused-ring (bicyclic) bond motifs is 1. The standard InChI is InChI=1S/C19H19IN4O2/c1-2-3-9-24-11-14(20)16-17(21-12-22-18(16)24)23-15(19(25)26)10-13-7-5-4-6-8-13/h2,4-8,11-12,15H,1,3,9-10H2,(H,25,26)(H,21,22,23). The lowest BCUT2D eigenvalue weighted by atomic mass is 10.1. The maximum atomic E-state index is 11.8. The molecule has 1 unspecified atom stereocenters. The van der Waals surface area contributed by atoms with Crippen molar-refractivity contribution >= 4 is 45.4 Å². The summed E-state index contributed by atoms with van der Waals surface area (Å²) in [5.41, 5.74) is 1.74. The molecule has 1 aromatic carbocycles. The van der Waals surface area contributed by atoms with Gasteiger partial charge in [0.1, 0.15) is 23.8 Å². The minimum Gasteiger partial charge on any atom is -0.480 e. The average molecular weight is 462 g/mol. The first kappa shape index (κ1) is 18.4. The lowest BCUT2D eigenvalue weighted by Gasteiger charge is -2.16. The van der Waals surface area contributed by atoms with Crippen LogP contribution in [0.3, 0.4) is 0 Å². The fraction of sp³-hybridized carbons (Fsp3) is 0.211. The first-order chi connectivity index (χ1) is 12.6. The number of rotatable bonds is 8. The van der Waals surface area contributed by atoms with Crippen molar-refractivity contribution in [2.24, 2.45) is 0 Å². The van der Waals surface area contributed by atoms with E-state index in [1.54, 1.807) is 0 Å². The van der Waals surface area contributed by atoms with Crippen LogP contribution in [0, 0.1) is 3.57 Å². The molecule has 134 valence electrons. The monoisotopic (exact) mass is 462 g/mol. The largest absolute Gasteiger partial charge is 0.480 e. The van der Waals surface area contributed by atoms with Crippen molar-refractivity contribution in [2.75, 3.05) is 5.32 Å². The molecule has 0 spiro atoms. The van der Waals surface area contributed by atoms with Crippen LogP contribution in [0.5, 0.6) is 0 Å². The van der Waals surface area contributed by atoms with E-state index in [4.69, 9.17) is 0 Å².